The van der Waals surface area contributed by atoms with Gasteiger partial charge >= 0.3 is 0 Å². The number of aryl methyl sites for hydroxylation is 1. The van der Waals surface area contributed by atoms with Crippen LogP contribution in [0.1, 0.15) is 17.9 Å². The average Bonchev–Trinajstić information content (AvgIpc) is 3.19. The second-order valence-electron chi connectivity index (χ2n) is 5.84. The van der Waals surface area contributed by atoms with Crippen molar-refractivity contribution in [3.05, 3.63) is 60.0 Å². The van der Waals surface area contributed by atoms with E-state index in [4.69, 9.17) is 14.0 Å². The Hall–Kier alpha value is -3.35. The molecule has 27 heavy (non-hydrogen) atoms. The maximum Gasteiger partial charge on any atom is 0.246 e. The third kappa shape index (κ3) is 4.84. The Morgan fingerprint density at radius 3 is 2.67 bits per heavy atom. The average molecular weight is 367 g/mol. The molecule has 2 aromatic carbocycles. The fourth-order valence-corrected chi connectivity index (χ4v) is 2.58. The summed E-state index contributed by atoms with van der Waals surface area (Å²) < 4.78 is 15.8. The zero-order valence-electron chi connectivity index (χ0n) is 15.3. The zero-order valence-corrected chi connectivity index (χ0v) is 15.3. The van der Waals surface area contributed by atoms with E-state index in [-0.39, 0.29) is 12.5 Å². The number of carbonyl (C=O) groups is 1. The molecule has 0 saturated heterocycles. The Labute approximate surface area is 157 Å². The number of hydrogen-bond acceptors (Lipinski definition) is 6. The third-order valence-corrected chi connectivity index (χ3v) is 4.04. The molecule has 1 N–H and O–H groups in total. The summed E-state index contributed by atoms with van der Waals surface area (Å²) in [6.07, 6.45) is 1.09. The Bertz CT molecular complexity index is 893. The molecule has 0 bridgehead atoms. The van der Waals surface area contributed by atoms with Gasteiger partial charge in [-0.15, -0.1) is 0 Å². The first-order valence-corrected chi connectivity index (χ1v) is 8.55. The summed E-state index contributed by atoms with van der Waals surface area (Å²) in [7, 11) is 3.15. The fraction of sp³-hybridized carbons (Fsp3) is 0.250. The molecule has 7 nitrogen and oxygen atoms in total. The number of nitrogens with zero attached hydrogens (tertiary/aromatic N) is 2. The van der Waals surface area contributed by atoms with E-state index in [1.807, 2.05) is 30.3 Å². The van der Waals surface area contributed by atoms with Crippen molar-refractivity contribution in [2.45, 2.75) is 19.4 Å². The van der Waals surface area contributed by atoms with E-state index in [0.29, 0.717) is 41.6 Å². The molecule has 1 amide bonds. The molecule has 0 saturated carbocycles. The highest BCUT2D eigenvalue weighted by atomic mass is 16.5. The molecule has 1 heterocycles. The van der Waals surface area contributed by atoms with Crippen LogP contribution in [0, 0.1) is 0 Å². The first-order chi connectivity index (χ1) is 13.2. The van der Waals surface area contributed by atoms with Gasteiger partial charge in [-0.2, -0.15) is 4.98 Å². The fourth-order valence-electron chi connectivity index (χ4n) is 2.58. The van der Waals surface area contributed by atoms with E-state index < -0.39 is 0 Å². The van der Waals surface area contributed by atoms with Gasteiger partial charge in [0.15, 0.2) is 0 Å². The highest BCUT2D eigenvalue weighted by molar-refractivity contribution is 5.76. The lowest BCUT2D eigenvalue weighted by molar-refractivity contribution is -0.121. The minimum atomic E-state index is -0.0689. The van der Waals surface area contributed by atoms with Crippen molar-refractivity contribution in [2.75, 3.05) is 14.2 Å². The van der Waals surface area contributed by atoms with Gasteiger partial charge in [0.25, 0.3) is 0 Å². The molecule has 0 spiro atoms. The van der Waals surface area contributed by atoms with E-state index >= 15 is 0 Å². The Balaban J connectivity index is 1.57. The quantitative estimate of drug-likeness (QED) is 0.659. The number of methoxy groups -OCH3 is 2. The van der Waals surface area contributed by atoms with Crippen LogP contribution in [-0.2, 0) is 17.8 Å². The van der Waals surface area contributed by atoms with Crippen LogP contribution >= 0.6 is 0 Å². The lowest BCUT2D eigenvalue weighted by Crippen LogP contribution is -2.23. The second kappa shape index (κ2) is 8.84. The van der Waals surface area contributed by atoms with Gasteiger partial charge in [-0.25, -0.2) is 0 Å². The molecule has 0 aliphatic carbocycles. The monoisotopic (exact) mass is 367 g/mol. The molecule has 0 radical (unpaired) electrons. The van der Waals surface area contributed by atoms with Gasteiger partial charge in [0.05, 0.1) is 26.3 Å². The molecule has 0 aliphatic rings. The van der Waals surface area contributed by atoms with Crippen LogP contribution in [0.2, 0.25) is 0 Å². The first kappa shape index (κ1) is 18.4. The molecule has 7 heteroatoms. The van der Waals surface area contributed by atoms with Crippen molar-refractivity contribution in [3.8, 4) is 22.9 Å². The highest BCUT2D eigenvalue weighted by Gasteiger charge is 2.15. The molecule has 0 atom stereocenters. The van der Waals surface area contributed by atoms with E-state index in [1.165, 1.54) is 0 Å². The van der Waals surface area contributed by atoms with Crippen LogP contribution in [0.4, 0.5) is 0 Å². The van der Waals surface area contributed by atoms with Crippen LogP contribution in [-0.4, -0.2) is 30.3 Å². The van der Waals surface area contributed by atoms with Gasteiger partial charge in [0.1, 0.15) is 11.5 Å². The summed E-state index contributed by atoms with van der Waals surface area (Å²) in [5.74, 6) is 1.90. The standard InChI is InChI=1S/C20H21N3O4/c1-25-15-9-10-16(17(12-15)26-2)20-22-19(27-23-20)13-21-18(24)11-8-14-6-4-3-5-7-14/h3-7,9-10,12H,8,11,13H2,1-2H3,(H,21,24). The van der Waals surface area contributed by atoms with Gasteiger partial charge in [0, 0.05) is 12.5 Å². The number of amides is 1. The number of hydrogen-bond donors (Lipinski definition) is 1. The molecular formula is C20H21N3O4. The zero-order chi connectivity index (χ0) is 19.1. The molecular weight excluding hydrogens is 346 g/mol. The number of rotatable bonds is 8. The van der Waals surface area contributed by atoms with Gasteiger partial charge in [-0.3, -0.25) is 4.79 Å². The van der Waals surface area contributed by atoms with Gasteiger partial charge < -0.3 is 19.3 Å². The van der Waals surface area contributed by atoms with Crippen molar-refractivity contribution in [1.29, 1.82) is 0 Å². The topological polar surface area (TPSA) is 86.5 Å². The van der Waals surface area contributed by atoms with Crippen LogP contribution in [0.5, 0.6) is 11.5 Å². The summed E-state index contributed by atoms with van der Waals surface area (Å²) in [4.78, 5) is 16.3. The molecule has 1 aromatic heterocycles. The molecule has 3 rings (SSSR count). The number of aromatic nitrogens is 2. The Kier molecular flexibility index (Phi) is 6.04. The summed E-state index contributed by atoms with van der Waals surface area (Å²) in [5, 5.41) is 6.76. The summed E-state index contributed by atoms with van der Waals surface area (Å²) >= 11 is 0. The lowest BCUT2D eigenvalue weighted by atomic mass is 10.1. The van der Waals surface area contributed by atoms with Gasteiger partial charge in [-0.1, -0.05) is 35.5 Å². The molecule has 140 valence electrons. The summed E-state index contributed by atoms with van der Waals surface area (Å²) in [6, 6.07) is 15.2. The summed E-state index contributed by atoms with van der Waals surface area (Å²) in [5.41, 5.74) is 1.81. The number of carbonyl (C=O) groups excluding carboxylic acids is 1. The van der Waals surface area contributed by atoms with Crippen molar-refractivity contribution in [2.24, 2.45) is 0 Å². The normalized spacial score (nSPS) is 10.4. The van der Waals surface area contributed by atoms with E-state index in [0.717, 1.165) is 5.56 Å². The largest absolute Gasteiger partial charge is 0.497 e. The van der Waals surface area contributed by atoms with Crippen LogP contribution in [0.3, 0.4) is 0 Å². The van der Waals surface area contributed by atoms with Crippen LogP contribution in [0.15, 0.2) is 53.1 Å². The van der Waals surface area contributed by atoms with Crippen LogP contribution < -0.4 is 14.8 Å². The predicted molar refractivity (Wildman–Crippen MR) is 99.4 cm³/mol. The van der Waals surface area contributed by atoms with Crippen molar-refractivity contribution < 1.29 is 18.8 Å². The Morgan fingerprint density at radius 1 is 1.11 bits per heavy atom. The van der Waals surface area contributed by atoms with E-state index in [1.54, 1.807) is 32.4 Å². The maximum absolute atomic E-state index is 12.0. The third-order valence-electron chi connectivity index (χ3n) is 4.04. The molecule has 0 aliphatic heterocycles. The van der Waals surface area contributed by atoms with Gasteiger partial charge in [-0.05, 0) is 24.1 Å². The van der Waals surface area contributed by atoms with E-state index in [2.05, 4.69) is 15.5 Å². The van der Waals surface area contributed by atoms with Crippen molar-refractivity contribution in [3.63, 3.8) is 0 Å². The summed E-state index contributed by atoms with van der Waals surface area (Å²) in [6.45, 7) is 0.180. The second-order valence-corrected chi connectivity index (χ2v) is 5.84. The number of benzene rings is 2. The number of nitrogens with one attached hydrogen (secondary N) is 1. The molecule has 3 aromatic rings. The Morgan fingerprint density at radius 2 is 1.93 bits per heavy atom. The molecule has 0 fully saturated rings. The van der Waals surface area contributed by atoms with Gasteiger partial charge in [0.2, 0.25) is 17.6 Å². The first-order valence-electron chi connectivity index (χ1n) is 8.55. The minimum Gasteiger partial charge on any atom is -0.497 e. The lowest BCUT2D eigenvalue weighted by Gasteiger charge is -2.07. The van der Waals surface area contributed by atoms with Crippen LogP contribution in [0.25, 0.3) is 11.4 Å². The smallest absolute Gasteiger partial charge is 0.246 e. The maximum atomic E-state index is 12.0. The van der Waals surface area contributed by atoms with Crippen molar-refractivity contribution in [1.82, 2.24) is 15.5 Å². The van der Waals surface area contributed by atoms with Crippen molar-refractivity contribution >= 4 is 5.91 Å². The highest BCUT2D eigenvalue weighted by Crippen LogP contribution is 2.31. The molecule has 0 unspecified atom stereocenters. The van der Waals surface area contributed by atoms with E-state index in [9.17, 15) is 4.79 Å². The predicted octanol–water partition coefficient (Wildman–Crippen LogP) is 3.00. The minimum absolute atomic E-state index is 0.0689. The SMILES string of the molecule is COc1ccc(-c2noc(CNC(=O)CCc3ccccc3)n2)c(OC)c1. The number of ether oxygens (including phenoxy) is 2.